The van der Waals surface area contributed by atoms with E-state index in [1.54, 1.807) is 12.1 Å². The van der Waals surface area contributed by atoms with E-state index in [0.29, 0.717) is 11.6 Å². The van der Waals surface area contributed by atoms with Gasteiger partial charge in [0.25, 0.3) is 0 Å². The fourth-order valence-corrected chi connectivity index (χ4v) is 4.16. The Labute approximate surface area is 138 Å². The maximum absolute atomic E-state index is 12.5. The SMILES string of the molecule is CN1CCN(CC(C)(C)NS(=O)(=O)c2ccc(Cl)cc2)CC1. The lowest BCUT2D eigenvalue weighted by Gasteiger charge is -2.37. The minimum atomic E-state index is -3.54. The van der Waals surface area contributed by atoms with Gasteiger partial charge in [-0.25, -0.2) is 13.1 Å². The summed E-state index contributed by atoms with van der Waals surface area (Å²) in [6, 6.07) is 6.22. The van der Waals surface area contributed by atoms with Crippen molar-refractivity contribution < 1.29 is 8.42 Å². The number of likely N-dealkylation sites (N-methyl/N-ethyl adjacent to an activating group) is 1. The van der Waals surface area contributed by atoms with Crippen LogP contribution in [0.1, 0.15) is 13.8 Å². The van der Waals surface area contributed by atoms with Crippen molar-refractivity contribution in [2.75, 3.05) is 39.8 Å². The molecule has 0 aliphatic carbocycles. The van der Waals surface area contributed by atoms with E-state index in [9.17, 15) is 8.42 Å². The van der Waals surface area contributed by atoms with Crippen LogP contribution in [0.2, 0.25) is 5.02 Å². The minimum absolute atomic E-state index is 0.239. The Kier molecular flexibility index (Phi) is 5.50. The molecule has 0 aromatic heterocycles. The largest absolute Gasteiger partial charge is 0.304 e. The topological polar surface area (TPSA) is 52.6 Å². The monoisotopic (exact) mass is 345 g/mol. The fourth-order valence-electron chi connectivity index (χ4n) is 2.63. The molecule has 0 bridgehead atoms. The van der Waals surface area contributed by atoms with E-state index in [1.807, 2.05) is 13.8 Å². The Morgan fingerprint density at radius 3 is 2.23 bits per heavy atom. The van der Waals surface area contributed by atoms with Gasteiger partial charge in [-0.05, 0) is 45.2 Å². The normalized spacial score (nSPS) is 18.5. The first kappa shape index (κ1) is 17.7. The van der Waals surface area contributed by atoms with Crippen LogP contribution in [-0.2, 0) is 10.0 Å². The minimum Gasteiger partial charge on any atom is -0.304 e. The molecule has 22 heavy (non-hydrogen) atoms. The van der Waals surface area contributed by atoms with Crippen LogP contribution in [0, 0.1) is 0 Å². The van der Waals surface area contributed by atoms with Crippen molar-refractivity contribution >= 4 is 21.6 Å². The third-order valence-electron chi connectivity index (χ3n) is 3.75. The van der Waals surface area contributed by atoms with Gasteiger partial charge in [0.05, 0.1) is 4.90 Å². The molecule has 1 N–H and O–H groups in total. The van der Waals surface area contributed by atoms with E-state index >= 15 is 0 Å². The average Bonchev–Trinajstić information content (AvgIpc) is 2.40. The second-order valence-electron chi connectivity index (χ2n) is 6.52. The highest BCUT2D eigenvalue weighted by atomic mass is 35.5. The molecule has 1 aliphatic rings. The van der Waals surface area contributed by atoms with Crippen LogP contribution >= 0.6 is 11.6 Å². The number of hydrogen-bond donors (Lipinski definition) is 1. The van der Waals surface area contributed by atoms with E-state index in [2.05, 4.69) is 21.6 Å². The Morgan fingerprint density at radius 2 is 1.68 bits per heavy atom. The molecule has 0 amide bonds. The van der Waals surface area contributed by atoms with Gasteiger partial charge in [0.15, 0.2) is 0 Å². The highest BCUT2D eigenvalue weighted by Crippen LogP contribution is 2.17. The lowest BCUT2D eigenvalue weighted by Crippen LogP contribution is -2.55. The number of hydrogen-bond acceptors (Lipinski definition) is 4. The fraction of sp³-hybridized carbons (Fsp3) is 0.600. The van der Waals surface area contributed by atoms with Crippen molar-refractivity contribution in [1.29, 1.82) is 0 Å². The van der Waals surface area contributed by atoms with Gasteiger partial charge in [-0.1, -0.05) is 11.6 Å². The summed E-state index contributed by atoms with van der Waals surface area (Å²) in [5.74, 6) is 0. The van der Waals surface area contributed by atoms with Gasteiger partial charge in [0.1, 0.15) is 0 Å². The van der Waals surface area contributed by atoms with Gasteiger partial charge in [-0.15, -0.1) is 0 Å². The van der Waals surface area contributed by atoms with Gasteiger partial charge in [-0.2, -0.15) is 0 Å². The van der Waals surface area contributed by atoms with Crippen molar-refractivity contribution in [2.45, 2.75) is 24.3 Å². The first-order valence-corrected chi connectivity index (χ1v) is 9.24. The number of benzene rings is 1. The first-order valence-electron chi connectivity index (χ1n) is 7.38. The third-order valence-corrected chi connectivity index (χ3v) is 5.72. The molecule has 1 aromatic carbocycles. The predicted molar refractivity (Wildman–Crippen MR) is 89.8 cm³/mol. The van der Waals surface area contributed by atoms with Crippen LogP contribution in [-0.4, -0.2) is 63.5 Å². The second-order valence-corrected chi connectivity index (χ2v) is 8.64. The first-order chi connectivity index (χ1) is 10.2. The van der Waals surface area contributed by atoms with Gasteiger partial charge < -0.3 is 4.90 Å². The van der Waals surface area contributed by atoms with Crippen LogP contribution in [0.4, 0.5) is 0 Å². The molecule has 0 radical (unpaired) electrons. The van der Waals surface area contributed by atoms with Crippen molar-refractivity contribution in [3.8, 4) is 0 Å². The summed E-state index contributed by atoms with van der Waals surface area (Å²) in [5, 5.41) is 0.524. The van der Waals surface area contributed by atoms with Crippen molar-refractivity contribution in [2.24, 2.45) is 0 Å². The molecule has 124 valence electrons. The van der Waals surface area contributed by atoms with E-state index in [-0.39, 0.29) is 4.90 Å². The predicted octanol–water partition coefficient (Wildman–Crippen LogP) is 1.64. The maximum Gasteiger partial charge on any atom is 0.241 e. The highest BCUT2D eigenvalue weighted by molar-refractivity contribution is 7.89. The number of nitrogens with one attached hydrogen (secondary N) is 1. The maximum atomic E-state index is 12.5. The van der Waals surface area contributed by atoms with Crippen LogP contribution in [0.15, 0.2) is 29.2 Å². The molecule has 1 aliphatic heterocycles. The zero-order valence-electron chi connectivity index (χ0n) is 13.3. The zero-order valence-corrected chi connectivity index (χ0v) is 14.9. The Hall–Kier alpha value is -0.660. The summed E-state index contributed by atoms with van der Waals surface area (Å²) in [5.41, 5.74) is -0.533. The number of halogens is 1. The molecule has 0 saturated carbocycles. The molecule has 1 heterocycles. The number of nitrogens with zero attached hydrogens (tertiary/aromatic N) is 2. The average molecular weight is 346 g/mol. The molecule has 5 nitrogen and oxygen atoms in total. The molecular formula is C15H24ClN3O2S. The van der Waals surface area contributed by atoms with Crippen molar-refractivity contribution in [3.05, 3.63) is 29.3 Å². The van der Waals surface area contributed by atoms with Crippen LogP contribution < -0.4 is 4.72 Å². The molecule has 2 rings (SSSR count). The van der Waals surface area contributed by atoms with Gasteiger partial charge >= 0.3 is 0 Å². The van der Waals surface area contributed by atoms with Crippen molar-refractivity contribution in [1.82, 2.24) is 14.5 Å². The Balaban J connectivity index is 2.02. The second kappa shape index (κ2) is 6.84. The molecule has 0 atom stereocenters. The number of piperazine rings is 1. The van der Waals surface area contributed by atoms with Crippen LogP contribution in [0.5, 0.6) is 0 Å². The van der Waals surface area contributed by atoms with Crippen molar-refractivity contribution in [3.63, 3.8) is 0 Å². The van der Waals surface area contributed by atoms with Gasteiger partial charge in [0.2, 0.25) is 10.0 Å². The summed E-state index contributed by atoms with van der Waals surface area (Å²) in [7, 11) is -1.44. The molecule has 1 aromatic rings. The molecule has 7 heteroatoms. The van der Waals surface area contributed by atoms with E-state index < -0.39 is 15.6 Å². The lowest BCUT2D eigenvalue weighted by molar-refractivity contribution is 0.130. The quantitative estimate of drug-likeness (QED) is 0.881. The Bertz CT molecular complexity index is 594. The molecule has 0 spiro atoms. The highest BCUT2D eigenvalue weighted by Gasteiger charge is 2.29. The molecular weight excluding hydrogens is 322 g/mol. The summed E-state index contributed by atoms with van der Waals surface area (Å²) in [4.78, 5) is 4.81. The van der Waals surface area contributed by atoms with E-state index in [1.165, 1.54) is 12.1 Å². The van der Waals surface area contributed by atoms with Crippen LogP contribution in [0.25, 0.3) is 0 Å². The summed E-state index contributed by atoms with van der Waals surface area (Å²) in [6.45, 7) is 8.47. The summed E-state index contributed by atoms with van der Waals surface area (Å²) >= 11 is 5.81. The van der Waals surface area contributed by atoms with E-state index in [4.69, 9.17) is 11.6 Å². The van der Waals surface area contributed by atoms with E-state index in [0.717, 1.165) is 26.2 Å². The molecule has 1 saturated heterocycles. The Morgan fingerprint density at radius 1 is 1.14 bits per heavy atom. The van der Waals surface area contributed by atoms with Crippen LogP contribution in [0.3, 0.4) is 0 Å². The zero-order chi connectivity index (χ0) is 16.4. The lowest BCUT2D eigenvalue weighted by atomic mass is 10.1. The number of sulfonamides is 1. The van der Waals surface area contributed by atoms with Gasteiger partial charge in [-0.3, -0.25) is 4.90 Å². The molecule has 1 fully saturated rings. The molecule has 0 unspecified atom stereocenters. The summed E-state index contributed by atoms with van der Waals surface area (Å²) < 4.78 is 27.7. The standard InChI is InChI=1S/C15H24ClN3O2S/c1-15(2,12-19-10-8-18(3)9-11-19)17-22(20,21)14-6-4-13(16)5-7-14/h4-7,17H,8-12H2,1-3H3. The van der Waals surface area contributed by atoms with Gasteiger partial charge in [0, 0.05) is 43.3 Å². The number of rotatable bonds is 5. The smallest absolute Gasteiger partial charge is 0.241 e. The third kappa shape index (κ3) is 4.93. The summed E-state index contributed by atoms with van der Waals surface area (Å²) in [6.07, 6.45) is 0.